The van der Waals surface area contributed by atoms with Crippen molar-refractivity contribution in [3.8, 4) is 5.75 Å². The van der Waals surface area contributed by atoms with Gasteiger partial charge in [0.05, 0.1) is 25.9 Å². The summed E-state index contributed by atoms with van der Waals surface area (Å²) in [5.74, 6) is -0.0391. The van der Waals surface area contributed by atoms with Crippen LogP contribution >= 0.6 is 15.9 Å². The quantitative estimate of drug-likeness (QED) is 0.384. The van der Waals surface area contributed by atoms with Crippen LogP contribution in [-0.2, 0) is 15.6 Å². The molecule has 32 heavy (non-hydrogen) atoms. The molecule has 0 fully saturated rings. The Morgan fingerprint density at radius 2 is 1.81 bits per heavy atom. The van der Waals surface area contributed by atoms with Crippen molar-refractivity contribution in [3.63, 3.8) is 0 Å². The molecule has 2 aromatic carbocycles. The number of anilines is 2. The minimum Gasteiger partial charge on any atom is -0.481 e. The summed E-state index contributed by atoms with van der Waals surface area (Å²) in [6.07, 6.45) is 6.51. The number of carbonyl (C=O) groups is 1. The molecule has 0 bridgehead atoms. The Kier molecular flexibility index (Phi) is 8.77. The topological polar surface area (TPSA) is 66.8 Å². The van der Waals surface area contributed by atoms with Crippen molar-refractivity contribution in [3.05, 3.63) is 46.9 Å². The number of hydrogen-bond donors (Lipinski definition) is 1. The highest BCUT2D eigenvalue weighted by molar-refractivity contribution is 9.10. The second kappa shape index (κ2) is 11.3. The molecule has 7 heteroatoms. The summed E-state index contributed by atoms with van der Waals surface area (Å²) in [6.45, 7) is 4.77. The molecule has 3 rings (SSSR count). The van der Waals surface area contributed by atoms with Gasteiger partial charge in [0.25, 0.3) is 0 Å². The van der Waals surface area contributed by atoms with E-state index < -0.39 is 23.4 Å². The van der Waals surface area contributed by atoms with Crippen LogP contribution < -0.4 is 9.64 Å². The zero-order chi connectivity index (χ0) is 23.1. The summed E-state index contributed by atoms with van der Waals surface area (Å²) in [5.41, 5.74) is 1.90. The Hall–Kier alpha value is -1.86. The Bertz CT molecular complexity index is 942. The Balaban J connectivity index is 2.12. The molecule has 174 valence electrons. The van der Waals surface area contributed by atoms with Crippen molar-refractivity contribution in [2.24, 2.45) is 5.41 Å². The molecule has 0 amide bonds. The highest BCUT2D eigenvalue weighted by Crippen LogP contribution is 2.46. The minimum absolute atomic E-state index is 0.0553. The molecule has 0 saturated heterocycles. The van der Waals surface area contributed by atoms with E-state index in [1.54, 1.807) is 6.07 Å². The van der Waals surface area contributed by atoms with Gasteiger partial charge >= 0.3 is 5.97 Å². The minimum atomic E-state index is -1.23. The number of nitrogens with zero attached hydrogens (tertiary/aromatic N) is 1. The molecule has 0 aromatic heterocycles. The molecule has 0 spiro atoms. The van der Waals surface area contributed by atoms with E-state index in [0.717, 1.165) is 56.4 Å². The van der Waals surface area contributed by atoms with Gasteiger partial charge in [-0.2, -0.15) is 0 Å². The number of halogens is 1. The first-order valence-electron chi connectivity index (χ1n) is 11.3. The molecular formula is C25H32BrNO4S. The number of ether oxygens (including phenoxy) is 1. The first-order chi connectivity index (χ1) is 15.4. The number of rotatable bonds is 10. The van der Waals surface area contributed by atoms with Crippen molar-refractivity contribution >= 4 is 44.1 Å². The van der Waals surface area contributed by atoms with Crippen molar-refractivity contribution in [2.75, 3.05) is 23.8 Å². The van der Waals surface area contributed by atoms with Crippen LogP contribution in [0.15, 0.2) is 51.8 Å². The maximum Gasteiger partial charge on any atom is 0.341 e. The number of benzene rings is 2. The third-order valence-corrected chi connectivity index (χ3v) is 8.33. The summed E-state index contributed by atoms with van der Waals surface area (Å²) in [5, 5.41) is 9.02. The number of aliphatic carboxylic acids is 1. The molecule has 0 saturated carbocycles. The second-order valence-electron chi connectivity index (χ2n) is 8.55. The Labute approximate surface area is 201 Å². The average molecular weight is 523 g/mol. The van der Waals surface area contributed by atoms with Crippen LogP contribution in [0.2, 0.25) is 0 Å². The van der Waals surface area contributed by atoms with E-state index in [0.29, 0.717) is 20.9 Å². The standard InChI is InChI=1S/C25H32BrNO4S/c1-3-5-12-25(13-6-4-2)17-27(19-10-8-7-9-11-19)21-14-20(26)22(31-16-24(28)29)15-23(21)32(30)18-25/h7-11,14-15H,3-6,12-13,16-18H2,1-2H3,(H,28,29). The molecule has 1 aliphatic heterocycles. The van der Waals surface area contributed by atoms with E-state index in [2.05, 4.69) is 46.8 Å². The van der Waals surface area contributed by atoms with Gasteiger partial charge < -0.3 is 14.7 Å². The van der Waals surface area contributed by atoms with Gasteiger partial charge in [0, 0.05) is 23.4 Å². The molecule has 1 N–H and O–H groups in total. The number of carboxylic acid groups (broad SMARTS) is 1. The summed E-state index contributed by atoms with van der Waals surface area (Å²) in [6, 6.07) is 13.9. The summed E-state index contributed by atoms with van der Waals surface area (Å²) >= 11 is 3.54. The third kappa shape index (κ3) is 5.93. The predicted octanol–water partition coefficient (Wildman–Crippen LogP) is 6.54. The summed E-state index contributed by atoms with van der Waals surface area (Å²) < 4.78 is 19.9. The van der Waals surface area contributed by atoms with Gasteiger partial charge in [-0.3, -0.25) is 4.21 Å². The summed E-state index contributed by atoms with van der Waals surface area (Å²) in [4.78, 5) is 14.0. The number of unbranched alkanes of at least 4 members (excludes halogenated alkanes) is 2. The lowest BCUT2D eigenvalue weighted by molar-refractivity contribution is -0.139. The fraction of sp³-hybridized carbons (Fsp3) is 0.480. The van der Waals surface area contributed by atoms with E-state index in [1.165, 1.54) is 0 Å². The van der Waals surface area contributed by atoms with Gasteiger partial charge in [-0.05, 0) is 53.0 Å². The van der Waals surface area contributed by atoms with Crippen LogP contribution in [0.5, 0.6) is 5.75 Å². The highest BCUT2D eigenvalue weighted by Gasteiger charge is 2.39. The maximum atomic E-state index is 13.7. The molecular weight excluding hydrogens is 490 g/mol. The zero-order valence-corrected chi connectivity index (χ0v) is 21.2. The van der Waals surface area contributed by atoms with Crippen LogP contribution in [-0.4, -0.2) is 34.2 Å². The van der Waals surface area contributed by atoms with Gasteiger partial charge in [-0.15, -0.1) is 0 Å². The second-order valence-corrected chi connectivity index (χ2v) is 10.8. The fourth-order valence-electron chi connectivity index (χ4n) is 4.36. The summed E-state index contributed by atoms with van der Waals surface area (Å²) in [7, 11) is -1.23. The lowest BCUT2D eigenvalue weighted by Gasteiger charge is -2.37. The van der Waals surface area contributed by atoms with Crippen molar-refractivity contribution in [1.29, 1.82) is 0 Å². The van der Waals surface area contributed by atoms with Crippen LogP contribution in [0.25, 0.3) is 0 Å². The van der Waals surface area contributed by atoms with Crippen LogP contribution in [0.1, 0.15) is 52.4 Å². The first kappa shape index (κ1) is 24.8. The van der Waals surface area contributed by atoms with E-state index in [-0.39, 0.29) is 5.41 Å². The van der Waals surface area contributed by atoms with E-state index in [4.69, 9.17) is 9.84 Å². The maximum absolute atomic E-state index is 13.7. The number of hydrogen-bond acceptors (Lipinski definition) is 4. The predicted molar refractivity (Wildman–Crippen MR) is 133 cm³/mol. The number of carboxylic acids is 1. The first-order valence-corrected chi connectivity index (χ1v) is 13.4. The largest absolute Gasteiger partial charge is 0.481 e. The highest BCUT2D eigenvalue weighted by atomic mass is 79.9. The lowest BCUT2D eigenvalue weighted by atomic mass is 9.79. The molecule has 1 atom stereocenters. The molecule has 5 nitrogen and oxygen atoms in total. The van der Waals surface area contributed by atoms with Gasteiger partial charge in [0.15, 0.2) is 6.61 Å². The van der Waals surface area contributed by atoms with E-state index in [9.17, 15) is 9.00 Å². The SMILES string of the molecule is CCCCC1(CCCC)CN(c2ccccc2)c2cc(Br)c(OCC(=O)O)cc2S(=O)C1. The van der Waals surface area contributed by atoms with Crippen LogP contribution in [0.4, 0.5) is 11.4 Å². The van der Waals surface area contributed by atoms with Gasteiger partial charge in [0.1, 0.15) is 5.75 Å². The average Bonchev–Trinajstić information content (AvgIpc) is 2.90. The number of para-hydroxylation sites is 1. The van der Waals surface area contributed by atoms with E-state index in [1.807, 2.05) is 24.3 Å². The molecule has 1 unspecified atom stereocenters. The monoisotopic (exact) mass is 521 g/mol. The van der Waals surface area contributed by atoms with Gasteiger partial charge in [-0.25, -0.2) is 4.79 Å². The van der Waals surface area contributed by atoms with Crippen molar-refractivity contribution in [2.45, 2.75) is 57.3 Å². The lowest BCUT2D eigenvalue weighted by Crippen LogP contribution is -2.37. The molecule has 2 aromatic rings. The Morgan fingerprint density at radius 3 is 2.41 bits per heavy atom. The third-order valence-electron chi connectivity index (χ3n) is 6.02. The zero-order valence-electron chi connectivity index (χ0n) is 18.8. The normalized spacial score (nSPS) is 17.5. The van der Waals surface area contributed by atoms with Crippen molar-refractivity contribution in [1.82, 2.24) is 0 Å². The van der Waals surface area contributed by atoms with E-state index >= 15 is 0 Å². The smallest absolute Gasteiger partial charge is 0.341 e. The van der Waals surface area contributed by atoms with Gasteiger partial charge in [0.2, 0.25) is 0 Å². The molecule has 1 heterocycles. The Morgan fingerprint density at radius 1 is 1.16 bits per heavy atom. The molecule has 0 aliphatic carbocycles. The fourth-order valence-corrected chi connectivity index (χ4v) is 6.54. The van der Waals surface area contributed by atoms with Gasteiger partial charge in [-0.1, -0.05) is 57.7 Å². The number of fused-ring (bicyclic) bond motifs is 1. The van der Waals surface area contributed by atoms with Crippen LogP contribution in [0.3, 0.4) is 0 Å². The van der Waals surface area contributed by atoms with Crippen molar-refractivity contribution < 1.29 is 18.8 Å². The molecule has 0 radical (unpaired) electrons. The molecule has 1 aliphatic rings. The van der Waals surface area contributed by atoms with Crippen LogP contribution in [0, 0.1) is 5.41 Å².